The summed E-state index contributed by atoms with van der Waals surface area (Å²) < 4.78 is 0. The molecule has 0 aliphatic carbocycles. The van der Waals surface area contributed by atoms with Crippen LogP contribution < -0.4 is 0 Å². The van der Waals surface area contributed by atoms with Gasteiger partial charge in [0.05, 0.1) is 0 Å². The van der Waals surface area contributed by atoms with Crippen LogP contribution >= 0.6 is 0 Å². The van der Waals surface area contributed by atoms with E-state index in [0.717, 1.165) is 39.3 Å². The zero-order valence-corrected chi connectivity index (χ0v) is 9.99. The summed E-state index contributed by atoms with van der Waals surface area (Å²) >= 11 is 0. The maximum absolute atomic E-state index is 3.76. The van der Waals surface area contributed by atoms with E-state index in [1.165, 1.54) is 0 Å². The summed E-state index contributed by atoms with van der Waals surface area (Å²) in [4.78, 5) is 4.69. The highest BCUT2D eigenvalue weighted by Gasteiger charge is 2.04. The fraction of sp³-hybridized carbons (Fsp3) is 0.538. The first kappa shape index (κ1) is 14.1. The Hall–Kier alpha value is -0.860. The molecule has 0 fully saturated rings. The van der Waals surface area contributed by atoms with Gasteiger partial charge >= 0.3 is 0 Å². The molecule has 0 bridgehead atoms. The average Bonchev–Trinajstić information content (AvgIpc) is 2.24. The summed E-state index contributed by atoms with van der Waals surface area (Å²) in [5, 5.41) is 0. The molecule has 0 rings (SSSR count). The average molecular weight is 208 g/mol. The van der Waals surface area contributed by atoms with E-state index < -0.39 is 0 Å². The molecule has 86 valence electrons. The predicted octanol–water partition coefficient (Wildman–Crippen LogP) is 2.17. The zero-order chi connectivity index (χ0) is 11.5. The van der Waals surface area contributed by atoms with Crippen molar-refractivity contribution in [3.8, 4) is 0 Å². The molecule has 0 saturated carbocycles. The minimum atomic E-state index is 0.928. The summed E-state index contributed by atoms with van der Waals surface area (Å²) in [6.07, 6.45) is 5.83. The van der Waals surface area contributed by atoms with Gasteiger partial charge in [-0.15, -0.1) is 19.7 Å². The van der Waals surface area contributed by atoms with Crippen molar-refractivity contribution in [3.05, 3.63) is 38.0 Å². The van der Waals surface area contributed by atoms with Crippen LogP contribution in [0.4, 0.5) is 0 Å². The van der Waals surface area contributed by atoms with Gasteiger partial charge in [-0.3, -0.25) is 9.80 Å². The van der Waals surface area contributed by atoms with Crippen molar-refractivity contribution in [3.63, 3.8) is 0 Å². The molecule has 0 unspecified atom stereocenters. The number of rotatable bonds is 10. The van der Waals surface area contributed by atoms with Crippen molar-refractivity contribution in [2.75, 3.05) is 39.3 Å². The quantitative estimate of drug-likeness (QED) is 0.508. The van der Waals surface area contributed by atoms with Gasteiger partial charge in [-0.2, -0.15) is 0 Å². The van der Waals surface area contributed by atoms with Crippen LogP contribution in [0.25, 0.3) is 0 Å². The topological polar surface area (TPSA) is 6.48 Å². The van der Waals surface area contributed by atoms with Crippen LogP contribution in [0.1, 0.15) is 6.92 Å². The van der Waals surface area contributed by atoms with Crippen molar-refractivity contribution in [2.45, 2.75) is 6.92 Å². The second-order valence-corrected chi connectivity index (χ2v) is 3.52. The van der Waals surface area contributed by atoms with Gasteiger partial charge < -0.3 is 0 Å². The maximum atomic E-state index is 3.76. The molecule has 0 saturated heterocycles. The standard InChI is InChI=1S/C13H24N2/c1-5-9-14(8-4)12-13-15(10-6-2)11-7-3/h5-7H,1-3,8-13H2,4H3. The lowest BCUT2D eigenvalue weighted by atomic mass is 10.4. The molecule has 0 aromatic carbocycles. The highest BCUT2D eigenvalue weighted by Crippen LogP contribution is 1.93. The number of likely N-dealkylation sites (N-methyl/N-ethyl adjacent to an activating group) is 1. The molecule has 0 aromatic heterocycles. The molecule has 0 heterocycles. The van der Waals surface area contributed by atoms with Gasteiger partial charge in [0.1, 0.15) is 0 Å². The third-order valence-corrected chi connectivity index (χ3v) is 2.34. The summed E-state index contributed by atoms with van der Waals surface area (Å²) in [7, 11) is 0. The van der Waals surface area contributed by atoms with Crippen LogP contribution in [0.2, 0.25) is 0 Å². The lowest BCUT2D eigenvalue weighted by Crippen LogP contribution is -2.35. The van der Waals surface area contributed by atoms with E-state index in [-0.39, 0.29) is 0 Å². The number of hydrogen-bond acceptors (Lipinski definition) is 2. The van der Waals surface area contributed by atoms with Crippen molar-refractivity contribution in [2.24, 2.45) is 0 Å². The van der Waals surface area contributed by atoms with E-state index in [2.05, 4.69) is 36.5 Å². The van der Waals surface area contributed by atoms with Gasteiger partial charge in [-0.25, -0.2) is 0 Å². The van der Waals surface area contributed by atoms with Gasteiger partial charge in [-0.1, -0.05) is 25.2 Å². The molecular weight excluding hydrogens is 184 g/mol. The van der Waals surface area contributed by atoms with E-state index in [0.29, 0.717) is 0 Å². The predicted molar refractivity (Wildman–Crippen MR) is 69.1 cm³/mol. The fourth-order valence-electron chi connectivity index (χ4n) is 1.47. The van der Waals surface area contributed by atoms with Crippen LogP contribution in [0.3, 0.4) is 0 Å². The second-order valence-electron chi connectivity index (χ2n) is 3.52. The number of nitrogens with zero attached hydrogens (tertiary/aromatic N) is 2. The molecule has 0 aromatic rings. The van der Waals surface area contributed by atoms with Crippen LogP contribution in [-0.4, -0.2) is 49.1 Å². The molecule has 0 radical (unpaired) electrons. The van der Waals surface area contributed by atoms with Crippen molar-refractivity contribution in [1.29, 1.82) is 0 Å². The highest BCUT2D eigenvalue weighted by atomic mass is 15.2. The first-order valence-corrected chi connectivity index (χ1v) is 5.55. The number of hydrogen-bond donors (Lipinski definition) is 0. The molecule has 0 aliphatic rings. The smallest absolute Gasteiger partial charge is 0.0164 e. The van der Waals surface area contributed by atoms with Gasteiger partial charge in [-0.05, 0) is 6.54 Å². The highest BCUT2D eigenvalue weighted by molar-refractivity contribution is 4.81. The molecule has 0 atom stereocenters. The molecular formula is C13H24N2. The second kappa shape index (κ2) is 9.69. The van der Waals surface area contributed by atoms with E-state index >= 15 is 0 Å². The van der Waals surface area contributed by atoms with Crippen LogP contribution in [0.15, 0.2) is 38.0 Å². The van der Waals surface area contributed by atoms with E-state index in [4.69, 9.17) is 0 Å². The first-order valence-electron chi connectivity index (χ1n) is 5.55. The fourth-order valence-corrected chi connectivity index (χ4v) is 1.47. The van der Waals surface area contributed by atoms with Crippen molar-refractivity contribution < 1.29 is 0 Å². The van der Waals surface area contributed by atoms with E-state index in [1.54, 1.807) is 0 Å². The largest absolute Gasteiger partial charge is 0.299 e. The lowest BCUT2D eigenvalue weighted by molar-refractivity contribution is 0.247. The van der Waals surface area contributed by atoms with E-state index in [1.807, 2.05) is 18.2 Å². The van der Waals surface area contributed by atoms with Crippen molar-refractivity contribution in [1.82, 2.24) is 9.80 Å². The minimum absolute atomic E-state index is 0.928. The summed E-state index contributed by atoms with van der Waals surface area (Å²) in [6, 6.07) is 0. The summed E-state index contributed by atoms with van der Waals surface area (Å²) in [6.45, 7) is 19.5. The first-order chi connectivity index (χ1) is 7.28. The summed E-state index contributed by atoms with van der Waals surface area (Å²) in [5.41, 5.74) is 0. The molecule has 0 N–H and O–H groups in total. The Morgan fingerprint density at radius 3 is 1.60 bits per heavy atom. The minimum Gasteiger partial charge on any atom is -0.299 e. The van der Waals surface area contributed by atoms with Crippen LogP contribution in [-0.2, 0) is 0 Å². The molecule has 0 spiro atoms. The zero-order valence-electron chi connectivity index (χ0n) is 9.99. The SMILES string of the molecule is C=CCN(CC)CCN(CC=C)CC=C. The molecule has 0 amide bonds. The van der Waals surface area contributed by atoms with Gasteiger partial charge in [0.25, 0.3) is 0 Å². The lowest BCUT2D eigenvalue weighted by Gasteiger charge is -2.24. The third-order valence-electron chi connectivity index (χ3n) is 2.34. The monoisotopic (exact) mass is 208 g/mol. The van der Waals surface area contributed by atoms with Crippen LogP contribution in [0.5, 0.6) is 0 Å². The molecule has 15 heavy (non-hydrogen) atoms. The summed E-state index contributed by atoms with van der Waals surface area (Å²) in [5.74, 6) is 0. The van der Waals surface area contributed by atoms with E-state index in [9.17, 15) is 0 Å². The van der Waals surface area contributed by atoms with Crippen molar-refractivity contribution >= 4 is 0 Å². The molecule has 0 aliphatic heterocycles. The Labute approximate surface area is 94.6 Å². The van der Waals surface area contributed by atoms with Gasteiger partial charge in [0, 0.05) is 32.7 Å². The molecule has 2 nitrogen and oxygen atoms in total. The Bertz CT molecular complexity index is 177. The molecule has 2 heteroatoms. The Morgan fingerprint density at radius 1 is 0.800 bits per heavy atom. The Balaban J connectivity index is 3.87. The normalized spacial score (nSPS) is 10.6. The third kappa shape index (κ3) is 7.11. The Morgan fingerprint density at radius 2 is 1.20 bits per heavy atom. The van der Waals surface area contributed by atoms with Gasteiger partial charge in [0.15, 0.2) is 0 Å². The maximum Gasteiger partial charge on any atom is 0.0164 e. The van der Waals surface area contributed by atoms with Crippen LogP contribution in [0, 0.1) is 0 Å². The Kier molecular flexibility index (Phi) is 9.13. The van der Waals surface area contributed by atoms with Gasteiger partial charge in [0.2, 0.25) is 0 Å².